The van der Waals surface area contributed by atoms with Crippen molar-refractivity contribution in [1.82, 2.24) is 0 Å². The molecule has 0 fully saturated rings. The van der Waals surface area contributed by atoms with E-state index in [9.17, 15) is 13.2 Å². The highest BCUT2D eigenvalue weighted by atomic mass is 79.9. The van der Waals surface area contributed by atoms with E-state index >= 15 is 0 Å². The molecule has 0 unspecified atom stereocenters. The first-order chi connectivity index (χ1) is 12.7. The van der Waals surface area contributed by atoms with Crippen molar-refractivity contribution in [2.45, 2.75) is 11.3 Å². The number of nitrogens with two attached hydrogens (primary N) is 1. The van der Waals surface area contributed by atoms with Gasteiger partial charge in [-0.05, 0) is 35.9 Å². The first-order valence-corrected chi connectivity index (χ1v) is 9.94. The molecule has 0 spiro atoms. The van der Waals surface area contributed by atoms with Gasteiger partial charge in [-0.25, -0.2) is 13.6 Å². The summed E-state index contributed by atoms with van der Waals surface area (Å²) in [7, 11) is 0.349. The highest BCUT2D eigenvalue weighted by molar-refractivity contribution is 9.10. The van der Waals surface area contributed by atoms with Crippen LogP contribution in [0, 0.1) is 0 Å². The van der Waals surface area contributed by atoms with Gasteiger partial charge in [0.1, 0.15) is 10.6 Å². The van der Waals surface area contributed by atoms with Crippen molar-refractivity contribution < 1.29 is 27.4 Å². The molecule has 2 aromatic carbocycles. The molecule has 27 heavy (non-hydrogen) atoms. The summed E-state index contributed by atoms with van der Waals surface area (Å²) >= 11 is 3.39. The number of methoxy groups -OCH3 is 3. The Morgan fingerprint density at radius 2 is 1.63 bits per heavy atom. The zero-order valence-corrected chi connectivity index (χ0v) is 17.3. The van der Waals surface area contributed by atoms with E-state index in [4.69, 9.17) is 19.3 Å². The number of hydrogen-bond acceptors (Lipinski definition) is 6. The van der Waals surface area contributed by atoms with Gasteiger partial charge in [0, 0.05) is 10.2 Å². The number of hydrogen-bond donors (Lipinski definition) is 2. The molecule has 10 heteroatoms. The molecule has 0 atom stereocenters. The fraction of sp³-hybridized carbons (Fsp3) is 0.235. The minimum absolute atomic E-state index is 0.0255. The summed E-state index contributed by atoms with van der Waals surface area (Å²) in [5.41, 5.74) is 0.951. The van der Waals surface area contributed by atoms with Gasteiger partial charge in [0.2, 0.25) is 15.9 Å². The highest BCUT2D eigenvalue weighted by Crippen LogP contribution is 2.33. The van der Waals surface area contributed by atoms with Gasteiger partial charge in [0.05, 0.1) is 27.8 Å². The van der Waals surface area contributed by atoms with Crippen molar-refractivity contribution in [3.05, 3.63) is 40.4 Å². The monoisotopic (exact) mass is 458 g/mol. The van der Waals surface area contributed by atoms with E-state index in [1.165, 1.54) is 39.5 Å². The quantitative estimate of drug-likeness (QED) is 0.657. The summed E-state index contributed by atoms with van der Waals surface area (Å²) in [4.78, 5) is 12.2. The van der Waals surface area contributed by atoms with Crippen LogP contribution in [0.15, 0.2) is 39.7 Å². The lowest BCUT2D eigenvalue weighted by atomic mass is 10.1. The summed E-state index contributed by atoms with van der Waals surface area (Å²) in [6.07, 6.45) is 0.0255. The Hall–Kier alpha value is -2.30. The van der Waals surface area contributed by atoms with Gasteiger partial charge in [0.25, 0.3) is 0 Å². The van der Waals surface area contributed by atoms with Crippen LogP contribution in [0.5, 0.6) is 17.2 Å². The van der Waals surface area contributed by atoms with Crippen molar-refractivity contribution in [2.75, 3.05) is 26.6 Å². The molecule has 0 aliphatic rings. The zero-order chi connectivity index (χ0) is 20.2. The molecular formula is C17H19BrN2O6S. The molecule has 146 valence electrons. The van der Waals surface area contributed by atoms with Gasteiger partial charge in [-0.3, -0.25) is 4.79 Å². The summed E-state index contributed by atoms with van der Waals surface area (Å²) in [5, 5.41) is 7.82. The minimum atomic E-state index is -4.00. The number of rotatable bonds is 7. The van der Waals surface area contributed by atoms with Crippen LogP contribution in [0.3, 0.4) is 0 Å². The van der Waals surface area contributed by atoms with Crippen LogP contribution in [-0.4, -0.2) is 35.7 Å². The Balaban J connectivity index is 2.24. The second-order valence-corrected chi connectivity index (χ2v) is 7.82. The molecule has 3 N–H and O–H groups in total. The number of anilines is 1. The number of halogens is 1. The molecule has 2 aromatic rings. The van der Waals surface area contributed by atoms with Gasteiger partial charge < -0.3 is 19.5 Å². The van der Waals surface area contributed by atoms with Crippen molar-refractivity contribution in [3.8, 4) is 17.2 Å². The fourth-order valence-electron chi connectivity index (χ4n) is 2.39. The van der Waals surface area contributed by atoms with E-state index < -0.39 is 10.0 Å². The van der Waals surface area contributed by atoms with E-state index in [-0.39, 0.29) is 28.7 Å². The molecule has 0 saturated carbocycles. The summed E-state index contributed by atoms with van der Waals surface area (Å²) in [6.45, 7) is 0. The molecule has 2 rings (SSSR count). The van der Waals surface area contributed by atoms with Gasteiger partial charge in [-0.2, -0.15) is 0 Å². The zero-order valence-electron chi connectivity index (χ0n) is 14.9. The molecule has 0 aliphatic carbocycles. The topological polar surface area (TPSA) is 117 Å². The third-order valence-electron chi connectivity index (χ3n) is 3.66. The van der Waals surface area contributed by atoms with Gasteiger partial charge >= 0.3 is 0 Å². The van der Waals surface area contributed by atoms with Crippen LogP contribution in [-0.2, 0) is 21.2 Å². The molecule has 0 bridgehead atoms. The summed E-state index contributed by atoms with van der Waals surface area (Å²) in [5.74, 6) is 0.762. The number of sulfonamides is 1. The normalized spacial score (nSPS) is 11.0. The fourth-order valence-corrected chi connectivity index (χ4v) is 3.57. The van der Waals surface area contributed by atoms with E-state index in [2.05, 4.69) is 21.2 Å². The first kappa shape index (κ1) is 21.0. The Labute approximate surface area is 165 Å². The summed E-state index contributed by atoms with van der Waals surface area (Å²) in [6, 6.07) is 7.58. The lowest BCUT2D eigenvalue weighted by Gasteiger charge is -2.13. The van der Waals surface area contributed by atoms with Crippen molar-refractivity contribution >= 4 is 37.5 Å². The van der Waals surface area contributed by atoms with Crippen LogP contribution in [0.2, 0.25) is 0 Å². The molecular weight excluding hydrogens is 440 g/mol. The predicted molar refractivity (Wildman–Crippen MR) is 104 cm³/mol. The van der Waals surface area contributed by atoms with Crippen LogP contribution < -0.4 is 24.7 Å². The number of nitrogens with one attached hydrogen (secondary N) is 1. The Morgan fingerprint density at radius 3 is 2.19 bits per heavy atom. The number of benzene rings is 2. The number of primary sulfonamides is 1. The lowest BCUT2D eigenvalue weighted by molar-refractivity contribution is -0.115. The predicted octanol–water partition coefficient (Wildman–Crippen LogP) is 2.30. The molecule has 0 aliphatic heterocycles. The third-order valence-corrected chi connectivity index (χ3v) is 5.33. The smallest absolute Gasteiger partial charge is 0.241 e. The van der Waals surface area contributed by atoms with Crippen molar-refractivity contribution in [2.24, 2.45) is 5.14 Å². The van der Waals surface area contributed by atoms with Gasteiger partial charge in [-0.1, -0.05) is 15.9 Å². The second kappa shape index (κ2) is 8.59. The highest BCUT2D eigenvalue weighted by Gasteiger charge is 2.17. The Morgan fingerprint density at radius 1 is 1.04 bits per heavy atom. The van der Waals surface area contributed by atoms with Gasteiger partial charge in [0.15, 0.2) is 11.5 Å². The average molecular weight is 459 g/mol. The number of ether oxygens (including phenoxy) is 3. The Kier molecular flexibility index (Phi) is 6.68. The lowest BCUT2D eigenvalue weighted by Crippen LogP contribution is -2.17. The maximum Gasteiger partial charge on any atom is 0.241 e. The van der Waals surface area contributed by atoms with Crippen LogP contribution in [0.1, 0.15) is 5.56 Å². The largest absolute Gasteiger partial charge is 0.495 e. The minimum Gasteiger partial charge on any atom is -0.495 e. The third kappa shape index (κ3) is 5.12. The maximum absolute atomic E-state index is 12.4. The molecule has 8 nitrogen and oxygen atoms in total. The summed E-state index contributed by atoms with van der Waals surface area (Å²) < 4.78 is 39.4. The van der Waals surface area contributed by atoms with Crippen LogP contribution in [0.25, 0.3) is 0 Å². The number of carbonyl (C=O) groups excluding carboxylic acids is 1. The van der Waals surface area contributed by atoms with E-state index in [0.717, 1.165) is 0 Å². The maximum atomic E-state index is 12.4. The average Bonchev–Trinajstić information content (AvgIpc) is 2.62. The molecule has 0 radical (unpaired) electrons. The second-order valence-electron chi connectivity index (χ2n) is 5.43. The Bertz CT molecular complexity index is 962. The molecule has 0 saturated heterocycles. The first-order valence-electron chi connectivity index (χ1n) is 7.60. The van der Waals surface area contributed by atoms with E-state index in [1.54, 1.807) is 12.1 Å². The van der Waals surface area contributed by atoms with Crippen LogP contribution in [0.4, 0.5) is 5.69 Å². The number of amides is 1. The van der Waals surface area contributed by atoms with E-state index in [1.807, 2.05) is 0 Å². The van der Waals surface area contributed by atoms with E-state index in [0.29, 0.717) is 21.5 Å². The van der Waals surface area contributed by atoms with Crippen molar-refractivity contribution in [1.29, 1.82) is 0 Å². The van der Waals surface area contributed by atoms with Crippen LogP contribution >= 0.6 is 15.9 Å². The molecule has 0 aromatic heterocycles. The molecule has 1 amide bonds. The standard InChI is InChI=1S/C17H19BrN2O6S/c1-24-13-5-4-11(8-16(13)27(19,22)23)20-17(21)7-10-6-14(25-2)15(26-3)9-12(10)18/h4-6,8-9H,7H2,1-3H3,(H,20,21)(H2,19,22,23). The SMILES string of the molecule is COc1cc(Br)c(CC(=O)Nc2ccc(OC)c(S(N)(=O)=O)c2)cc1OC. The molecule has 0 heterocycles. The number of carbonyl (C=O) groups is 1. The van der Waals surface area contributed by atoms with Gasteiger partial charge in [-0.15, -0.1) is 0 Å². The van der Waals surface area contributed by atoms with Crippen molar-refractivity contribution in [3.63, 3.8) is 0 Å².